The Morgan fingerprint density at radius 3 is 2.60 bits per heavy atom. The summed E-state index contributed by atoms with van der Waals surface area (Å²) in [5, 5.41) is 12.8. The predicted molar refractivity (Wildman–Crippen MR) is 77.1 cm³/mol. The summed E-state index contributed by atoms with van der Waals surface area (Å²) in [6.45, 7) is 1.41. The van der Waals surface area contributed by atoms with Gasteiger partial charge in [0.05, 0.1) is 10.0 Å². The fourth-order valence-electron chi connectivity index (χ4n) is 1.89. The quantitative estimate of drug-likeness (QED) is 0.821. The highest BCUT2D eigenvalue weighted by Crippen LogP contribution is 2.32. The van der Waals surface area contributed by atoms with Crippen LogP contribution in [0.3, 0.4) is 0 Å². The molecule has 4 nitrogen and oxygen atoms in total. The molecule has 1 aliphatic carbocycles. The highest BCUT2D eigenvalue weighted by Gasteiger charge is 2.43. The number of carboxylic acid groups (broad SMARTS) is 1. The number of aliphatic carboxylic acids is 1. The van der Waals surface area contributed by atoms with Crippen LogP contribution in [0.1, 0.15) is 25.3 Å². The Balaban J connectivity index is 2.26. The van der Waals surface area contributed by atoms with E-state index in [4.69, 9.17) is 23.2 Å². The first-order chi connectivity index (χ1) is 9.34. The molecule has 6 heteroatoms. The zero-order valence-electron chi connectivity index (χ0n) is 11.0. The Hall–Kier alpha value is -1.26. The number of carbonyl (C=O) groups is 2. The van der Waals surface area contributed by atoms with E-state index >= 15 is 0 Å². The molecule has 20 heavy (non-hydrogen) atoms. The summed E-state index contributed by atoms with van der Waals surface area (Å²) in [5.74, 6) is -1.66. The van der Waals surface area contributed by atoms with Gasteiger partial charge in [0.1, 0.15) is 5.41 Å². The van der Waals surface area contributed by atoms with Crippen molar-refractivity contribution in [1.82, 2.24) is 5.32 Å². The third-order valence-corrected chi connectivity index (χ3v) is 4.32. The molecule has 0 aliphatic heterocycles. The summed E-state index contributed by atoms with van der Waals surface area (Å²) in [4.78, 5) is 23.7. The molecule has 0 radical (unpaired) electrons. The smallest absolute Gasteiger partial charge is 0.319 e. The maximum Gasteiger partial charge on any atom is 0.319 e. The predicted octanol–water partition coefficient (Wildman–Crippen LogP) is 2.91. The number of carboxylic acids is 1. The van der Waals surface area contributed by atoms with Crippen molar-refractivity contribution in [2.24, 2.45) is 5.41 Å². The molecule has 0 saturated heterocycles. The minimum absolute atomic E-state index is 0.000278. The second-order valence-electron chi connectivity index (χ2n) is 5.27. The molecule has 1 amide bonds. The number of rotatable bonds is 5. The van der Waals surface area contributed by atoms with Crippen molar-refractivity contribution in [2.45, 2.75) is 32.2 Å². The lowest BCUT2D eigenvalue weighted by molar-refractivity contribution is -0.154. The summed E-state index contributed by atoms with van der Waals surface area (Å²) in [6, 6.07) is 5.09. The molecular weight excluding hydrogens is 301 g/mol. The molecule has 0 heterocycles. The second-order valence-corrected chi connectivity index (χ2v) is 6.06. The van der Waals surface area contributed by atoms with E-state index in [0.717, 1.165) is 12.8 Å². The topological polar surface area (TPSA) is 66.4 Å². The first kappa shape index (κ1) is 15.1. The van der Waals surface area contributed by atoms with E-state index in [2.05, 4.69) is 5.32 Å². The Morgan fingerprint density at radius 1 is 1.40 bits per heavy atom. The van der Waals surface area contributed by atoms with E-state index in [1.807, 2.05) is 0 Å². The highest BCUT2D eigenvalue weighted by atomic mass is 35.5. The van der Waals surface area contributed by atoms with Crippen LogP contribution in [0.4, 0.5) is 0 Å². The summed E-state index contributed by atoms with van der Waals surface area (Å²) >= 11 is 12.0. The van der Waals surface area contributed by atoms with E-state index in [1.54, 1.807) is 18.2 Å². The molecule has 1 aromatic rings. The van der Waals surface area contributed by atoms with Gasteiger partial charge in [0.15, 0.2) is 0 Å². The van der Waals surface area contributed by atoms with Gasteiger partial charge in [-0.05, 0) is 37.8 Å². The normalized spacial score (nSPS) is 17.4. The number of halogens is 2. The SMILES string of the molecule is CC(Cc1cccc(Cl)c1Cl)(C(=O)O)C(=O)NC1CC1. The first-order valence-electron chi connectivity index (χ1n) is 6.32. The van der Waals surface area contributed by atoms with E-state index in [9.17, 15) is 14.7 Å². The zero-order valence-corrected chi connectivity index (χ0v) is 12.5. The van der Waals surface area contributed by atoms with Gasteiger partial charge in [0, 0.05) is 6.04 Å². The van der Waals surface area contributed by atoms with Gasteiger partial charge in [0.25, 0.3) is 0 Å². The van der Waals surface area contributed by atoms with Crippen LogP contribution < -0.4 is 5.32 Å². The molecule has 1 saturated carbocycles. The number of carbonyl (C=O) groups excluding carboxylic acids is 1. The van der Waals surface area contributed by atoms with E-state index < -0.39 is 17.3 Å². The maximum absolute atomic E-state index is 12.2. The molecular formula is C14H15Cl2NO3. The number of nitrogens with one attached hydrogen (secondary N) is 1. The van der Waals surface area contributed by atoms with Gasteiger partial charge in [-0.3, -0.25) is 9.59 Å². The zero-order chi connectivity index (χ0) is 14.9. The van der Waals surface area contributed by atoms with Gasteiger partial charge in [-0.25, -0.2) is 0 Å². The van der Waals surface area contributed by atoms with E-state index in [1.165, 1.54) is 6.92 Å². The Bertz CT molecular complexity index is 557. The highest BCUT2D eigenvalue weighted by molar-refractivity contribution is 6.42. The summed E-state index contributed by atoms with van der Waals surface area (Å²) in [6.07, 6.45) is 1.80. The van der Waals surface area contributed by atoms with Crippen molar-refractivity contribution in [2.75, 3.05) is 0 Å². The third kappa shape index (κ3) is 3.07. The summed E-state index contributed by atoms with van der Waals surface area (Å²) < 4.78 is 0. The van der Waals surface area contributed by atoms with Gasteiger partial charge in [-0.15, -0.1) is 0 Å². The average molecular weight is 316 g/mol. The van der Waals surface area contributed by atoms with Crippen LogP contribution in [0.25, 0.3) is 0 Å². The van der Waals surface area contributed by atoms with Crippen molar-refractivity contribution >= 4 is 35.1 Å². The van der Waals surface area contributed by atoms with Crippen LogP contribution in [-0.4, -0.2) is 23.0 Å². The summed E-state index contributed by atoms with van der Waals surface area (Å²) in [5.41, 5.74) is -1.01. The fraction of sp³-hybridized carbons (Fsp3) is 0.429. The first-order valence-corrected chi connectivity index (χ1v) is 7.07. The largest absolute Gasteiger partial charge is 0.480 e. The molecule has 0 spiro atoms. The number of amides is 1. The molecule has 0 bridgehead atoms. The van der Waals surface area contributed by atoms with Crippen molar-refractivity contribution in [1.29, 1.82) is 0 Å². The Kier molecular flexibility index (Phi) is 4.25. The van der Waals surface area contributed by atoms with Crippen LogP contribution in [0, 0.1) is 5.41 Å². The van der Waals surface area contributed by atoms with Crippen LogP contribution in [0.5, 0.6) is 0 Å². The van der Waals surface area contributed by atoms with E-state index in [0.29, 0.717) is 15.6 Å². The molecule has 1 aromatic carbocycles. The Morgan fingerprint density at radius 2 is 2.05 bits per heavy atom. The molecule has 2 N–H and O–H groups in total. The molecule has 1 atom stereocenters. The average Bonchev–Trinajstić information content (AvgIpc) is 3.18. The minimum Gasteiger partial charge on any atom is -0.480 e. The molecule has 2 rings (SSSR count). The minimum atomic E-state index is -1.56. The molecule has 0 aromatic heterocycles. The van der Waals surface area contributed by atoms with Crippen molar-refractivity contribution in [3.8, 4) is 0 Å². The molecule has 1 fully saturated rings. The van der Waals surface area contributed by atoms with Crippen molar-refractivity contribution < 1.29 is 14.7 Å². The summed E-state index contributed by atoms with van der Waals surface area (Å²) in [7, 11) is 0. The van der Waals surface area contributed by atoms with Gasteiger partial charge >= 0.3 is 5.97 Å². The van der Waals surface area contributed by atoms with Gasteiger partial charge in [0.2, 0.25) is 5.91 Å². The molecule has 1 aliphatic rings. The van der Waals surface area contributed by atoms with Crippen LogP contribution >= 0.6 is 23.2 Å². The Labute approximate surface area is 127 Å². The van der Waals surface area contributed by atoms with E-state index in [-0.39, 0.29) is 12.5 Å². The number of hydrogen-bond acceptors (Lipinski definition) is 2. The van der Waals surface area contributed by atoms with Gasteiger partial charge in [-0.2, -0.15) is 0 Å². The van der Waals surface area contributed by atoms with Crippen LogP contribution in [-0.2, 0) is 16.0 Å². The second kappa shape index (κ2) is 5.62. The fourth-order valence-corrected chi connectivity index (χ4v) is 2.28. The monoisotopic (exact) mass is 315 g/mol. The lowest BCUT2D eigenvalue weighted by atomic mass is 9.82. The van der Waals surface area contributed by atoms with Crippen molar-refractivity contribution in [3.05, 3.63) is 33.8 Å². The van der Waals surface area contributed by atoms with Crippen LogP contribution in [0.15, 0.2) is 18.2 Å². The number of benzene rings is 1. The van der Waals surface area contributed by atoms with Crippen LogP contribution in [0.2, 0.25) is 10.0 Å². The molecule has 1 unspecified atom stereocenters. The lowest BCUT2D eigenvalue weighted by Gasteiger charge is -2.24. The van der Waals surface area contributed by atoms with Crippen molar-refractivity contribution in [3.63, 3.8) is 0 Å². The standard InChI is InChI=1S/C14H15Cl2NO3/c1-14(13(19)20,12(18)17-9-5-6-9)7-8-3-2-4-10(15)11(8)16/h2-4,9H,5-7H2,1H3,(H,17,18)(H,19,20). The number of hydrogen-bond donors (Lipinski definition) is 2. The third-order valence-electron chi connectivity index (χ3n) is 3.46. The van der Waals surface area contributed by atoms with Gasteiger partial charge in [-0.1, -0.05) is 35.3 Å². The molecule has 108 valence electrons. The maximum atomic E-state index is 12.2. The van der Waals surface area contributed by atoms with Gasteiger partial charge < -0.3 is 10.4 Å². The lowest BCUT2D eigenvalue weighted by Crippen LogP contribution is -2.46.